The summed E-state index contributed by atoms with van der Waals surface area (Å²) in [5, 5.41) is 3.20. The number of carbonyl (C=O) groups excluding carboxylic acids is 2. The summed E-state index contributed by atoms with van der Waals surface area (Å²) >= 11 is 0. The van der Waals surface area contributed by atoms with Gasteiger partial charge in [-0.3, -0.25) is 9.59 Å². The minimum absolute atomic E-state index is 0.147. The van der Waals surface area contributed by atoms with Crippen LogP contribution in [-0.2, 0) is 4.79 Å². The highest BCUT2D eigenvalue weighted by Crippen LogP contribution is 2.40. The molecular weight excluding hydrogens is 404 g/mol. The molecule has 1 spiro atoms. The summed E-state index contributed by atoms with van der Waals surface area (Å²) in [5.74, 6) is 1.61. The Labute approximate surface area is 189 Å². The molecule has 7 nitrogen and oxygen atoms in total. The first-order valence-electron chi connectivity index (χ1n) is 11.4. The van der Waals surface area contributed by atoms with Gasteiger partial charge in [0.1, 0.15) is 11.4 Å². The Morgan fingerprint density at radius 3 is 2.41 bits per heavy atom. The van der Waals surface area contributed by atoms with Crippen molar-refractivity contribution in [3.05, 3.63) is 46.3 Å². The number of piperidine rings is 1. The number of hydrogen-bond acceptors (Lipinski definition) is 6. The van der Waals surface area contributed by atoms with E-state index < -0.39 is 5.60 Å². The molecule has 2 aromatic rings. The summed E-state index contributed by atoms with van der Waals surface area (Å²) in [7, 11) is 0. The van der Waals surface area contributed by atoms with Gasteiger partial charge in [0.05, 0.1) is 12.0 Å². The zero-order valence-electron chi connectivity index (χ0n) is 19.5. The number of aromatic nitrogens is 2. The fraction of sp³-hybridized carbons (Fsp3) is 0.520. The van der Waals surface area contributed by atoms with Crippen LogP contribution < -0.4 is 10.1 Å². The second kappa shape index (κ2) is 8.88. The van der Waals surface area contributed by atoms with Crippen LogP contribution >= 0.6 is 0 Å². The van der Waals surface area contributed by atoms with Crippen molar-refractivity contribution in [1.82, 2.24) is 14.9 Å². The first-order valence-corrected chi connectivity index (χ1v) is 11.4. The number of Topliss-reactive ketones (excluding diaryl/α,β-unsaturated/α-hetero) is 1. The Morgan fingerprint density at radius 2 is 1.72 bits per heavy atom. The van der Waals surface area contributed by atoms with Crippen LogP contribution in [0.5, 0.6) is 5.75 Å². The predicted molar refractivity (Wildman–Crippen MR) is 123 cm³/mol. The third kappa shape index (κ3) is 4.76. The smallest absolute Gasteiger partial charge is 0.223 e. The first kappa shape index (κ1) is 22.2. The van der Waals surface area contributed by atoms with Gasteiger partial charge in [-0.2, -0.15) is 0 Å². The van der Waals surface area contributed by atoms with Crippen molar-refractivity contribution in [2.75, 3.05) is 25.0 Å². The number of aryl methyl sites for hydroxylation is 4. The molecule has 1 aromatic heterocycles. The molecule has 1 amide bonds. The fourth-order valence-electron chi connectivity index (χ4n) is 4.59. The molecule has 170 valence electrons. The van der Waals surface area contributed by atoms with Crippen molar-refractivity contribution in [1.29, 1.82) is 0 Å². The monoisotopic (exact) mass is 436 g/mol. The molecule has 0 atom stereocenters. The number of nitrogens with zero attached hydrogens (tertiary/aromatic N) is 3. The highest BCUT2D eigenvalue weighted by atomic mass is 16.5. The van der Waals surface area contributed by atoms with Crippen LogP contribution in [-0.4, -0.2) is 51.8 Å². The van der Waals surface area contributed by atoms with Gasteiger partial charge in [-0.05, 0) is 63.4 Å². The number of likely N-dealkylation sites (tertiary alicyclic amines) is 1. The van der Waals surface area contributed by atoms with Gasteiger partial charge < -0.3 is 15.0 Å². The molecule has 1 fully saturated rings. The zero-order valence-corrected chi connectivity index (χ0v) is 19.5. The van der Waals surface area contributed by atoms with E-state index in [1.807, 2.05) is 50.8 Å². The van der Waals surface area contributed by atoms with E-state index in [1.165, 1.54) is 0 Å². The number of hydrogen-bond donors (Lipinski definition) is 1. The van der Waals surface area contributed by atoms with Crippen molar-refractivity contribution < 1.29 is 14.3 Å². The van der Waals surface area contributed by atoms with E-state index in [2.05, 4.69) is 15.3 Å². The molecule has 0 saturated carbocycles. The topological polar surface area (TPSA) is 84.4 Å². The number of amides is 1. The highest BCUT2D eigenvalue weighted by molar-refractivity contribution is 6.00. The van der Waals surface area contributed by atoms with Crippen molar-refractivity contribution in [2.45, 2.75) is 65.4 Å². The lowest BCUT2D eigenvalue weighted by molar-refractivity contribution is -0.134. The maximum Gasteiger partial charge on any atom is 0.223 e. The van der Waals surface area contributed by atoms with Gasteiger partial charge in [0.25, 0.3) is 0 Å². The highest BCUT2D eigenvalue weighted by Gasteiger charge is 2.43. The van der Waals surface area contributed by atoms with Crippen molar-refractivity contribution in [2.24, 2.45) is 0 Å². The largest absolute Gasteiger partial charge is 0.486 e. The Hall–Kier alpha value is -2.96. The third-order valence-corrected chi connectivity index (χ3v) is 6.57. The molecule has 3 heterocycles. The van der Waals surface area contributed by atoms with E-state index in [0.29, 0.717) is 62.6 Å². The van der Waals surface area contributed by atoms with Crippen LogP contribution in [0.4, 0.5) is 5.95 Å². The number of carbonyl (C=O) groups is 2. The van der Waals surface area contributed by atoms with Gasteiger partial charge in [-0.25, -0.2) is 9.97 Å². The number of rotatable bonds is 5. The molecule has 0 unspecified atom stereocenters. The molecule has 32 heavy (non-hydrogen) atoms. The fourth-order valence-corrected chi connectivity index (χ4v) is 4.59. The summed E-state index contributed by atoms with van der Waals surface area (Å²) in [5.41, 5.74) is 4.29. The molecule has 7 heteroatoms. The van der Waals surface area contributed by atoms with Gasteiger partial charge in [-0.15, -0.1) is 0 Å². The molecule has 1 N–H and O–H groups in total. The second-order valence-electron chi connectivity index (χ2n) is 9.20. The SMILES string of the molecule is Cc1cc(C)nc(NCCCC(=O)N2CCC3(CC2)CC(=O)c2cc(C)c(C)cc2O3)n1. The van der Waals surface area contributed by atoms with Crippen LogP contribution in [0.3, 0.4) is 0 Å². The van der Waals surface area contributed by atoms with Crippen molar-refractivity contribution in [3.63, 3.8) is 0 Å². The lowest BCUT2D eigenvalue weighted by Gasteiger charge is -2.44. The van der Waals surface area contributed by atoms with E-state index >= 15 is 0 Å². The van der Waals surface area contributed by atoms with Gasteiger partial charge in [-0.1, -0.05) is 0 Å². The lowest BCUT2D eigenvalue weighted by Crippen LogP contribution is -2.52. The van der Waals surface area contributed by atoms with E-state index in [1.54, 1.807) is 0 Å². The average molecular weight is 437 g/mol. The third-order valence-electron chi connectivity index (χ3n) is 6.57. The minimum atomic E-state index is -0.482. The minimum Gasteiger partial charge on any atom is -0.486 e. The molecular formula is C25H32N4O3. The van der Waals surface area contributed by atoms with Crippen LogP contribution in [0.15, 0.2) is 18.2 Å². The van der Waals surface area contributed by atoms with E-state index in [-0.39, 0.29) is 11.7 Å². The van der Waals surface area contributed by atoms with Crippen LogP contribution in [0.1, 0.15) is 65.0 Å². The molecule has 2 aliphatic rings. The maximum absolute atomic E-state index is 12.8. The molecule has 1 saturated heterocycles. The number of ether oxygens (including phenoxy) is 1. The number of benzene rings is 1. The van der Waals surface area contributed by atoms with Crippen LogP contribution in [0.2, 0.25) is 0 Å². The Morgan fingerprint density at radius 1 is 1.06 bits per heavy atom. The second-order valence-corrected chi connectivity index (χ2v) is 9.20. The Balaban J connectivity index is 1.27. The van der Waals surface area contributed by atoms with Crippen molar-refractivity contribution >= 4 is 17.6 Å². The quantitative estimate of drug-likeness (QED) is 0.715. The van der Waals surface area contributed by atoms with E-state index in [9.17, 15) is 9.59 Å². The van der Waals surface area contributed by atoms with Gasteiger partial charge in [0.2, 0.25) is 11.9 Å². The molecule has 1 aromatic carbocycles. The Bertz CT molecular complexity index is 1020. The summed E-state index contributed by atoms with van der Waals surface area (Å²) in [4.78, 5) is 36.1. The Kier molecular flexibility index (Phi) is 6.17. The molecule has 0 aliphatic carbocycles. The summed E-state index contributed by atoms with van der Waals surface area (Å²) in [6.45, 7) is 9.84. The normalized spacial score (nSPS) is 17.1. The van der Waals surface area contributed by atoms with Crippen molar-refractivity contribution in [3.8, 4) is 5.75 Å². The predicted octanol–water partition coefficient (Wildman–Crippen LogP) is 3.93. The van der Waals surface area contributed by atoms with E-state index in [0.717, 1.165) is 28.9 Å². The maximum atomic E-state index is 12.8. The van der Waals surface area contributed by atoms with Gasteiger partial charge >= 0.3 is 0 Å². The number of anilines is 1. The van der Waals surface area contributed by atoms with Crippen LogP contribution in [0, 0.1) is 27.7 Å². The molecule has 0 bridgehead atoms. The molecule has 2 aliphatic heterocycles. The lowest BCUT2D eigenvalue weighted by atomic mass is 9.82. The van der Waals surface area contributed by atoms with E-state index in [4.69, 9.17) is 4.74 Å². The van der Waals surface area contributed by atoms with Crippen LogP contribution in [0.25, 0.3) is 0 Å². The summed E-state index contributed by atoms with van der Waals surface area (Å²) < 4.78 is 6.38. The number of nitrogens with one attached hydrogen (secondary N) is 1. The summed E-state index contributed by atoms with van der Waals surface area (Å²) in [6.07, 6.45) is 2.96. The number of ketones is 1. The number of fused-ring (bicyclic) bond motifs is 1. The summed E-state index contributed by atoms with van der Waals surface area (Å²) in [6, 6.07) is 5.85. The van der Waals surface area contributed by atoms with Gasteiger partial charge in [0.15, 0.2) is 5.78 Å². The standard InChI is InChI=1S/C25H32N4O3/c1-16-12-20-21(30)15-25(32-22(20)13-17(16)2)7-10-29(11-8-25)23(31)6-5-9-26-24-27-18(3)14-19(4)28-24/h12-14H,5-11,15H2,1-4H3,(H,26,27,28). The first-order chi connectivity index (χ1) is 15.2. The average Bonchev–Trinajstić information content (AvgIpc) is 2.72. The molecule has 4 rings (SSSR count). The van der Waals surface area contributed by atoms with Gasteiger partial charge in [0, 0.05) is 50.3 Å². The zero-order chi connectivity index (χ0) is 22.9. The molecule has 0 radical (unpaired) electrons.